The maximum absolute atomic E-state index is 9.55. The van der Waals surface area contributed by atoms with Gasteiger partial charge in [0, 0.05) is 23.2 Å². The number of rotatable bonds is 4. The molecule has 0 fully saturated rings. The van der Waals surface area contributed by atoms with Crippen LogP contribution >= 0.6 is 0 Å². The van der Waals surface area contributed by atoms with Crippen LogP contribution in [-0.2, 0) is 9.59 Å². The summed E-state index contributed by atoms with van der Waals surface area (Å²) in [5.41, 5.74) is 9.97. The van der Waals surface area contributed by atoms with E-state index >= 15 is 0 Å². The largest absolute Gasteiger partial charge is 0.478 e. The first kappa shape index (κ1) is 25.5. The Balaban J connectivity index is -0.000000247. The molecular formula is C14H30N2O6. The van der Waals surface area contributed by atoms with Gasteiger partial charge in [0.2, 0.25) is 0 Å². The molecule has 0 saturated heterocycles. The van der Waals surface area contributed by atoms with E-state index in [-0.39, 0.29) is 0 Å². The van der Waals surface area contributed by atoms with E-state index in [9.17, 15) is 9.59 Å². The summed E-state index contributed by atoms with van der Waals surface area (Å²) in [6, 6.07) is 0. The van der Waals surface area contributed by atoms with E-state index in [1.807, 2.05) is 0 Å². The fourth-order valence-corrected chi connectivity index (χ4v) is 0.143. The number of carbonyl (C=O) groups is 2. The normalized spacial score (nSPS) is 14.1. The number of carboxylic acids is 2. The van der Waals surface area contributed by atoms with Crippen LogP contribution in [0, 0.1) is 0 Å². The van der Waals surface area contributed by atoms with Crippen molar-refractivity contribution in [1.29, 1.82) is 0 Å². The number of hydrogen-bond acceptors (Lipinski definition) is 6. The van der Waals surface area contributed by atoms with Crippen molar-refractivity contribution in [3.05, 3.63) is 12.2 Å². The molecule has 0 aliphatic heterocycles. The molecule has 2 atom stereocenters. The first-order valence-electron chi connectivity index (χ1n) is 6.59. The predicted octanol–water partition coefficient (Wildman–Crippen LogP) is -0.0792. The van der Waals surface area contributed by atoms with Crippen LogP contribution < -0.4 is 11.5 Å². The Hall–Kier alpha value is -1.48. The number of nitrogens with two attached hydrogens (primary N) is 2. The Bertz CT molecular complexity index is 317. The second-order valence-electron chi connectivity index (χ2n) is 6.00. The molecule has 0 saturated carbocycles. The summed E-state index contributed by atoms with van der Waals surface area (Å²) in [4.78, 5) is 19.1. The van der Waals surface area contributed by atoms with E-state index in [0.717, 1.165) is 0 Å². The van der Waals surface area contributed by atoms with Crippen LogP contribution in [0.1, 0.15) is 41.5 Å². The first-order chi connectivity index (χ1) is 9.51. The quantitative estimate of drug-likeness (QED) is 0.391. The summed E-state index contributed by atoms with van der Waals surface area (Å²) < 4.78 is 0. The lowest BCUT2D eigenvalue weighted by molar-refractivity contribution is -0.134. The highest BCUT2D eigenvalue weighted by molar-refractivity contribution is 5.89. The molecule has 0 amide bonds. The maximum atomic E-state index is 9.55. The van der Waals surface area contributed by atoms with Crippen LogP contribution in [0.25, 0.3) is 0 Å². The molecule has 0 aliphatic carbocycles. The van der Waals surface area contributed by atoms with Gasteiger partial charge in [-0.3, -0.25) is 0 Å². The summed E-state index contributed by atoms with van der Waals surface area (Å²) >= 11 is 0. The van der Waals surface area contributed by atoms with E-state index in [1.54, 1.807) is 41.5 Å². The summed E-state index contributed by atoms with van der Waals surface area (Å²) in [5.74, 6) is -2.51. The minimum absolute atomic E-state index is 0.424. The summed E-state index contributed by atoms with van der Waals surface area (Å²) in [6.07, 6.45) is 0.269. The number of aliphatic hydroxyl groups is 2. The van der Waals surface area contributed by atoms with E-state index < -0.39 is 35.2 Å². The van der Waals surface area contributed by atoms with Crippen molar-refractivity contribution in [2.75, 3.05) is 0 Å². The van der Waals surface area contributed by atoms with Crippen LogP contribution in [0.2, 0.25) is 0 Å². The minimum atomic E-state index is -1.26. The van der Waals surface area contributed by atoms with E-state index in [2.05, 4.69) is 0 Å². The maximum Gasteiger partial charge on any atom is 0.328 e. The zero-order valence-corrected chi connectivity index (χ0v) is 14.1. The Morgan fingerprint density at radius 3 is 1.00 bits per heavy atom. The third kappa shape index (κ3) is 23.6. The Morgan fingerprint density at radius 2 is 0.955 bits per heavy atom. The number of hydrogen-bond donors (Lipinski definition) is 6. The predicted molar refractivity (Wildman–Crippen MR) is 84.3 cm³/mol. The fourth-order valence-electron chi connectivity index (χ4n) is 0.143. The summed E-state index contributed by atoms with van der Waals surface area (Å²) in [5, 5.41) is 33.2. The van der Waals surface area contributed by atoms with Gasteiger partial charge in [0.25, 0.3) is 0 Å². The highest BCUT2D eigenvalue weighted by Gasteiger charge is 2.16. The lowest BCUT2D eigenvalue weighted by Gasteiger charge is -2.21. The SMILES string of the molecule is CC(O)C(C)(C)N.CC(O)C(C)(C)N.O=C(O)/C=C/C(=O)O. The van der Waals surface area contributed by atoms with Gasteiger partial charge in [-0.1, -0.05) is 0 Å². The Kier molecular flexibility index (Phi) is 12.9. The van der Waals surface area contributed by atoms with Crippen LogP contribution in [0.5, 0.6) is 0 Å². The standard InChI is InChI=1S/2C5H13NO.C4H4O4/c2*1-4(7)5(2,3)6;5-3(6)1-2-4(7)8/h2*4,7H,6H2,1-3H3;1-2H,(H,5,6)(H,7,8)/b;;2-1+. The van der Waals surface area contributed by atoms with Crippen molar-refractivity contribution in [2.45, 2.75) is 64.8 Å². The minimum Gasteiger partial charge on any atom is -0.478 e. The number of carboxylic acid groups (broad SMARTS) is 2. The summed E-state index contributed by atoms with van der Waals surface area (Å²) in [6.45, 7) is 10.5. The second kappa shape index (κ2) is 11.1. The van der Waals surface area contributed by atoms with E-state index in [4.69, 9.17) is 31.9 Å². The monoisotopic (exact) mass is 322 g/mol. The molecule has 2 unspecified atom stereocenters. The van der Waals surface area contributed by atoms with Gasteiger partial charge in [0.15, 0.2) is 0 Å². The van der Waals surface area contributed by atoms with Crippen molar-refractivity contribution in [3.63, 3.8) is 0 Å². The molecule has 22 heavy (non-hydrogen) atoms. The molecule has 8 N–H and O–H groups in total. The van der Waals surface area contributed by atoms with Crippen molar-refractivity contribution < 1.29 is 30.0 Å². The van der Waals surface area contributed by atoms with Gasteiger partial charge in [-0.15, -0.1) is 0 Å². The third-order valence-electron chi connectivity index (χ3n) is 2.52. The molecule has 0 bridgehead atoms. The van der Waals surface area contributed by atoms with Gasteiger partial charge >= 0.3 is 11.9 Å². The van der Waals surface area contributed by atoms with Crippen molar-refractivity contribution >= 4 is 11.9 Å². The molecule has 132 valence electrons. The number of aliphatic hydroxyl groups excluding tert-OH is 2. The smallest absolute Gasteiger partial charge is 0.328 e. The zero-order valence-electron chi connectivity index (χ0n) is 14.1. The van der Waals surface area contributed by atoms with Crippen LogP contribution in [-0.4, -0.2) is 55.7 Å². The third-order valence-corrected chi connectivity index (χ3v) is 2.52. The highest BCUT2D eigenvalue weighted by atomic mass is 16.4. The van der Waals surface area contributed by atoms with Crippen LogP contribution in [0.4, 0.5) is 0 Å². The van der Waals surface area contributed by atoms with Gasteiger partial charge in [-0.25, -0.2) is 9.59 Å². The lowest BCUT2D eigenvalue weighted by atomic mass is 10.0. The highest BCUT2D eigenvalue weighted by Crippen LogP contribution is 2.02. The molecule has 0 aromatic carbocycles. The van der Waals surface area contributed by atoms with Gasteiger partial charge in [-0.05, 0) is 41.5 Å². The van der Waals surface area contributed by atoms with E-state index in [1.165, 1.54) is 0 Å². The average Bonchev–Trinajstić information content (AvgIpc) is 2.25. The fraction of sp³-hybridized carbons (Fsp3) is 0.714. The first-order valence-corrected chi connectivity index (χ1v) is 6.59. The molecule has 0 spiro atoms. The van der Waals surface area contributed by atoms with Gasteiger partial charge < -0.3 is 31.9 Å². The van der Waals surface area contributed by atoms with Crippen molar-refractivity contribution in [2.24, 2.45) is 11.5 Å². The van der Waals surface area contributed by atoms with Gasteiger partial charge in [0.05, 0.1) is 12.2 Å². The molecule has 0 aromatic heterocycles. The Labute approximate surface area is 131 Å². The second-order valence-corrected chi connectivity index (χ2v) is 6.00. The van der Waals surface area contributed by atoms with Crippen LogP contribution in [0.15, 0.2) is 12.2 Å². The van der Waals surface area contributed by atoms with Crippen molar-refractivity contribution in [3.8, 4) is 0 Å². The lowest BCUT2D eigenvalue weighted by Crippen LogP contribution is -2.43. The van der Waals surface area contributed by atoms with Crippen LogP contribution in [0.3, 0.4) is 0 Å². The molecule has 0 radical (unpaired) electrons. The molecule has 0 rings (SSSR count). The number of aliphatic carboxylic acids is 2. The molecule has 0 aliphatic rings. The molecular weight excluding hydrogens is 292 g/mol. The topological polar surface area (TPSA) is 167 Å². The Morgan fingerprint density at radius 1 is 0.818 bits per heavy atom. The molecule has 8 heteroatoms. The molecule has 0 aromatic rings. The van der Waals surface area contributed by atoms with E-state index in [0.29, 0.717) is 12.2 Å². The summed E-state index contributed by atoms with van der Waals surface area (Å²) in [7, 11) is 0. The van der Waals surface area contributed by atoms with Gasteiger partial charge in [0.1, 0.15) is 0 Å². The van der Waals surface area contributed by atoms with Crippen molar-refractivity contribution in [1.82, 2.24) is 0 Å². The average molecular weight is 322 g/mol. The zero-order chi connectivity index (χ0) is 18.7. The molecule has 0 heterocycles. The van der Waals surface area contributed by atoms with Gasteiger partial charge in [-0.2, -0.15) is 0 Å². The molecule has 8 nitrogen and oxygen atoms in total.